The minimum absolute atomic E-state index is 0.0360. The van der Waals surface area contributed by atoms with Crippen molar-refractivity contribution in [3.63, 3.8) is 0 Å². The summed E-state index contributed by atoms with van der Waals surface area (Å²) in [7, 11) is -5.04. The summed E-state index contributed by atoms with van der Waals surface area (Å²) in [6.45, 7) is 3.78. The second-order valence-electron chi connectivity index (χ2n) is 13.5. The van der Waals surface area contributed by atoms with Gasteiger partial charge in [-0.15, -0.1) is 0 Å². The number of aliphatic hydroxyl groups excluding tert-OH is 3. The summed E-state index contributed by atoms with van der Waals surface area (Å²) < 4.78 is 58.3. The van der Waals surface area contributed by atoms with Gasteiger partial charge in [-0.2, -0.15) is 8.42 Å². The van der Waals surface area contributed by atoms with E-state index < -0.39 is 59.8 Å². The number of allylic oxidation sites excluding steroid dienone is 2. The summed E-state index contributed by atoms with van der Waals surface area (Å²) in [5.41, 5.74) is 0. The molecule has 1 heterocycles. The lowest BCUT2D eigenvalue weighted by Crippen LogP contribution is -2.60. The van der Waals surface area contributed by atoms with E-state index >= 15 is 0 Å². The van der Waals surface area contributed by atoms with E-state index in [2.05, 4.69) is 23.3 Å². The third kappa shape index (κ3) is 24.2. The van der Waals surface area contributed by atoms with Crippen molar-refractivity contribution in [1.82, 2.24) is 0 Å². The Hall–Kier alpha value is -1.16. The highest BCUT2D eigenvalue weighted by atomic mass is 32.3. The molecule has 6 atom stereocenters. The van der Waals surface area contributed by atoms with Crippen LogP contribution >= 0.6 is 0 Å². The quantitative estimate of drug-likeness (QED) is 0.0242. The molecule has 12 nitrogen and oxygen atoms in total. The summed E-state index contributed by atoms with van der Waals surface area (Å²) in [6.07, 6.45) is 20.8. The molecule has 0 aromatic heterocycles. The fraction of sp³-hybridized carbons (Fsp3) is 0.919. The lowest BCUT2D eigenvalue weighted by atomic mass is 9.99. The predicted molar refractivity (Wildman–Crippen MR) is 193 cm³/mol. The van der Waals surface area contributed by atoms with Crippen LogP contribution in [0.3, 0.4) is 0 Å². The number of ether oxygens (including phenoxy) is 4. The third-order valence-electron chi connectivity index (χ3n) is 8.89. The van der Waals surface area contributed by atoms with Crippen molar-refractivity contribution in [3.05, 3.63) is 12.2 Å². The number of hydrogen-bond acceptors (Lipinski definition) is 11. The van der Waals surface area contributed by atoms with Gasteiger partial charge in [-0.05, 0) is 38.5 Å². The summed E-state index contributed by atoms with van der Waals surface area (Å²) in [6, 6.07) is 0. The molecule has 50 heavy (non-hydrogen) atoms. The van der Waals surface area contributed by atoms with Crippen molar-refractivity contribution in [2.45, 2.75) is 192 Å². The zero-order valence-electron chi connectivity index (χ0n) is 31.0. The van der Waals surface area contributed by atoms with E-state index in [9.17, 15) is 28.5 Å². The smallest absolute Gasteiger partial charge is 0.397 e. The van der Waals surface area contributed by atoms with E-state index in [1.807, 2.05) is 6.92 Å². The minimum atomic E-state index is -5.04. The predicted octanol–water partition coefficient (Wildman–Crippen LogP) is 6.74. The summed E-state index contributed by atoms with van der Waals surface area (Å²) in [5, 5.41) is 30.3. The lowest BCUT2D eigenvalue weighted by Gasteiger charge is -2.41. The van der Waals surface area contributed by atoms with Crippen LogP contribution in [-0.4, -0.2) is 97.5 Å². The van der Waals surface area contributed by atoms with Gasteiger partial charge in [0.05, 0.1) is 19.8 Å². The van der Waals surface area contributed by atoms with Gasteiger partial charge in [0, 0.05) is 13.0 Å². The first-order valence-electron chi connectivity index (χ1n) is 19.4. The molecule has 13 heteroatoms. The van der Waals surface area contributed by atoms with Crippen molar-refractivity contribution in [3.8, 4) is 0 Å². The maximum Gasteiger partial charge on any atom is 0.397 e. The van der Waals surface area contributed by atoms with Gasteiger partial charge in [0.1, 0.15) is 30.5 Å². The van der Waals surface area contributed by atoms with Gasteiger partial charge >= 0.3 is 16.4 Å². The molecular weight excluding hydrogens is 668 g/mol. The zero-order chi connectivity index (χ0) is 36.9. The van der Waals surface area contributed by atoms with E-state index in [-0.39, 0.29) is 19.6 Å². The molecule has 0 saturated carbocycles. The standard InChI is InChI=1S/C37H70O12S/c1-3-5-7-8-9-10-11-12-13-14-15-16-17-18-19-20-21-22-23-25-27-45-29-31(47-33(39)26-24-6-4-2)30-46-37-35(41)36(49-50(42,43)44)34(40)32(28-38)48-37/h12-13,31-32,34-38,40-41H,3-11,14-30H2,1-2H3,(H,42,43,44)/b13-12-. The van der Waals surface area contributed by atoms with Gasteiger partial charge in [0.2, 0.25) is 0 Å². The zero-order valence-corrected chi connectivity index (χ0v) is 31.8. The molecule has 0 aliphatic carbocycles. The Labute approximate surface area is 302 Å². The van der Waals surface area contributed by atoms with Gasteiger partial charge in [-0.25, -0.2) is 4.18 Å². The highest BCUT2D eigenvalue weighted by Gasteiger charge is 2.48. The molecular formula is C37H70O12S. The van der Waals surface area contributed by atoms with E-state index in [0.29, 0.717) is 13.0 Å². The first kappa shape index (κ1) is 46.9. The average molecular weight is 739 g/mol. The molecule has 1 rings (SSSR count). The molecule has 0 spiro atoms. The van der Waals surface area contributed by atoms with Crippen LogP contribution in [0, 0.1) is 0 Å². The summed E-state index contributed by atoms with van der Waals surface area (Å²) >= 11 is 0. The normalized spacial score (nSPS) is 21.9. The van der Waals surface area contributed by atoms with E-state index in [1.54, 1.807) is 0 Å². The molecule has 1 aliphatic heterocycles. The third-order valence-corrected chi connectivity index (χ3v) is 9.35. The molecule has 1 saturated heterocycles. The molecule has 1 aliphatic rings. The Kier molecular flexibility index (Phi) is 28.4. The van der Waals surface area contributed by atoms with Gasteiger partial charge in [-0.3, -0.25) is 9.35 Å². The van der Waals surface area contributed by atoms with Crippen molar-refractivity contribution < 1.29 is 56.2 Å². The molecule has 0 bridgehead atoms. The number of hydrogen-bond donors (Lipinski definition) is 4. The molecule has 0 amide bonds. The maximum absolute atomic E-state index is 12.4. The first-order valence-corrected chi connectivity index (χ1v) is 20.8. The fourth-order valence-corrected chi connectivity index (χ4v) is 6.41. The number of esters is 1. The second-order valence-corrected chi connectivity index (χ2v) is 14.6. The Morgan fingerprint density at radius 1 is 0.740 bits per heavy atom. The van der Waals surface area contributed by atoms with E-state index in [1.165, 1.54) is 96.3 Å². The number of aliphatic hydroxyl groups is 3. The van der Waals surface area contributed by atoms with Crippen LogP contribution in [0.4, 0.5) is 0 Å². The lowest BCUT2D eigenvalue weighted by molar-refractivity contribution is -0.301. The monoisotopic (exact) mass is 738 g/mol. The van der Waals surface area contributed by atoms with Crippen LogP contribution in [0.2, 0.25) is 0 Å². The molecule has 0 aromatic carbocycles. The molecule has 0 radical (unpaired) electrons. The van der Waals surface area contributed by atoms with Crippen molar-refractivity contribution in [2.24, 2.45) is 0 Å². The van der Waals surface area contributed by atoms with Crippen molar-refractivity contribution in [1.29, 1.82) is 0 Å². The van der Waals surface area contributed by atoms with Crippen LogP contribution in [0.5, 0.6) is 0 Å². The molecule has 1 fully saturated rings. The maximum atomic E-state index is 12.4. The second kappa shape index (κ2) is 30.3. The topological polar surface area (TPSA) is 178 Å². The van der Waals surface area contributed by atoms with E-state index in [4.69, 9.17) is 23.5 Å². The van der Waals surface area contributed by atoms with Crippen LogP contribution in [0.25, 0.3) is 0 Å². The van der Waals surface area contributed by atoms with Crippen molar-refractivity contribution >= 4 is 16.4 Å². The van der Waals surface area contributed by atoms with Crippen LogP contribution in [0.1, 0.15) is 155 Å². The first-order chi connectivity index (χ1) is 24.1. The SMILES string of the molecule is CCCCCCCC/C=C\CCCCCCCCCCCCOCC(COC1OC(CO)C(O)C(OS(=O)(=O)O)C1O)OC(=O)CCCCC. The molecule has 296 valence electrons. The largest absolute Gasteiger partial charge is 0.457 e. The Bertz CT molecular complexity index is 947. The van der Waals surface area contributed by atoms with Gasteiger partial charge in [0.25, 0.3) is 0 Å². The van der Waals surface area contributed by atoms with Crippen LogP contribution in [0.15, 0.2) is 12.2 Å². The highest BCUT2D eigenvalue weighted by molar-refractivity contribution is 7.80. The van der Waals surface area contributed by atoms with Crippen LogP contribution < -0.4 is 0 Å². The summed E-state index contributed by atoms with van der Waals surface area (Å²) in [5.74, 6) is -0.423. The fourth-order valence-electron chi connectivity index (χ4n) is 5.90. The summed E-state index contributed by atoms with van der Waals surface area (Å²) in [4.78, 5) is 12.4. The van der Waals surface area contributed by atoms with Gasteiger partial charge in [-0.1, -0.05) is 122 Å². The Morgan fingerprint density at radius 3 is 1.80 bits per heavy atom. The van der Waals surface area contributed by atoms with Gasteiger partial charge < -0.3 is 34.3 Å². The molecule has 4 N–H and O–H groups in total. The number of unbranched alkanes of at least 4 members (excludes halogenated alkanes) is 18. The molecule has 0 aromatic rings. The number of carbonyl (C=O) groups excluding carboxylic acids is 1. The minimum Gasteiger partial charge on any atom is -0.457 e. The number of rotatable bonds is 33. The van der Waals surface area contributed by atoms with E-state index in [0.717, 1.165) is 32.1 Å². The highest BCUT2D eigenvalue weighted by Crippen LogP contribution is 2.26. The Balaban J connectivity index is 2.27. The van der Waals surface area contributed by atoms with Crippen LogP contribution in [-0.2, 0) is 38.3 Å². The number of carbonyl (C=O) groups is 1. The molecule has 6 unspecified atom stereocenters. The Morgan fingerprint density at radius 2 is 1.26 bits per heavy atom. The average Bonchev–Trinajstić information content (AvgIpc) is 3.08. The van der Waals surface area contributed by atoms with Gasteiger partial charge in [0.15, 0.2) is 6.29 Å². The van der Waals surface area contributed by atoms with Crippen molar-refractivity contribution in [2.75, 3.05) is 26.4 Å².